The average molecular weight is 500 g/mol. The molecule has 1 unspecified atom stereocenters. The van der Waals surface area contributed by atoms with Crippen LogP contribution in [0.4, 0.5) is 11.5 Å². The standard InChI is InChI=1S/C27H41N5O4/c1-6-8-16-30-25(28)24(26(35)29-27(30)36)32(17-19(3)4)23(34)15-14-22(33)31(20(5)7-2)18-21-12-10-9-11-13-21/h9-13,19-20H,6-8,14-18,28H2,1-5H3,(H,29,35,36). The maximum Gasteiger partial charge on any atom is 0.330 e. The summed E-state index contributed by atoms with van der Waals surface area (Å²) in [5.74, 6) is -0.489. The van der Waals surface area contributed by atoms with Crippen LogP contribution < -0.4 is 21.9 Å². The molecular weight excluding hydrogens is 458 g/mol. The molecule has 0 aliphatic heterocycles. The minimum Gasteiger partial charge on any atom is -0.383 e. The Hall–Kier alpha value is -3.36. The number of anilines is 2. The molecular formula is C27H41N5O4. The number of aromatic amines is 1. The first-order chi connectivity index (χ1) is 17.1. The van der Waals surface area contributed by atoms with Crippen LogP contribution in [-0.2, 0) is 22.7 Å². The zero-order valence-electron chi connectivity index (χ0n) is 22.3. The molecule has 0 fully saturated rings. The lowest BCUT2D eigenvalue weighted by atomic mass is 10.1. The van der Waals surface area contributed by atoms with Gasteiger partial charge in [-0.05, 0) is 31.2 Å². The molecule has 9 heteroatoms. The van der Waals surface area contributed by atoms with Crippen LogP contribution in [0.25, 0.3) is 0 Å². The highest BCUT2D eigenvalue weighted by atomic mass is 16.2. The van der Waals surface area contributed by atoms with E-state index in [0.717, 1.165) is 18.4 Å². The second-order valence-electron chi connectivity index (χ2n) is 9.66. The molecule has 0 radical (unpaired) electrons. The van der Waals surface area contributed by atoms with E-state index in [1.165, 1.54) is 9.47 Å². The van der Waals surface area contributed by atoms with Crippen LogP contribution in [0.2, 0.25) is 0 Å². The summed E-state index contributed by atoms with van der Waals surface area (Å²) < 4.78 is 1.30. The van der Waals surface area contributed by atoms with Gasteiger partial charge in [0.25, 0.3) is 5.56 Å². The fraction of sp³-hybridized carbons (Fsp3) is 0.556. The number of aromatic nitrogens is 2. The van der Waals surface area contributed by atoms with Gasteiger partial charge in [0.15, 0.2) is 5.69 Å². The summed E-state index contributed by atoms with van der Waals surface area (Å²) in [6, 6.07) is 9.76. The van der Waals surface area contributed by atoms with Crippen molar-refractivity contribution < 1.29 is 9.59 Å². The molecule has 3 N–H and O–H groups in total. The fourth-order valence-corrected chi connectivity index (χ4v) is 4.04. The Bertz CT molecular complexity index is 1120. The van der Waals surface area contributed by atoms with Gasteiger partial charge in [-0.15, -0.1) is 0 Å². The summed E-state index contributed by atoms with van der Waals surface area (Å²) in [5, 5.41) is 0. The van der Waals surface area contributed by atoms with Gasteiger partial charge in [-0.3, -0.25) is 23.9 Å². The van der Waals surface area contributed by atoms with Crippen molar-refractivity contribution in [1.29, 1.82) is 0 Å². The lowest BCUT2D eigenvalue weighted by molar-refractivity contribution is -0.135. The number of hydrogen-bond donors (Lipinski definition) is 2. The van der Waals surface area contributed by atoms with Crippen LogP contribution in [0.15, 0.2) is 39.9 Å². The normalized spacial score (nSPS) is 11.9. The number of nitrogens with zero attached hydrogens (tertiary/aromatic N) is 3. The third kappa shape index (κ3) is 7.57. The molecule has 0 saturated carbocycles. The molecule has 0 aliphatic carbocycles. The van der Waals surface area contributed by atoms with Crippen molar-refractivity contribution in [1.82, 2.24) is 14.5 Å². The quantitative estimate of drug-likeness (QED) is 0.437. The number of nitrogens with one attached hydrogen (secondary N) is 1. The van der Waals surface area contributed by atoms with Crippen molar-refractivity contribution in [2.45, 2.75) is 85.9 Å². The van der Waals surface area contributed by atoms with E-state index in [-0.39, 0.29) is 54.7 Å². The van der Waals surface area contributed by atoms with Gasteiger partial charge in [-0.2, -0.15) is 0 Å². The number of rotatable bonds is 13. The zero-order valence-corrected chi connectivity index (χ0v) is 22.3. The van der Waals surface area contributed by atoms with Crippen LogP contribution >= 0.6 is 0 Å². The van der Waals surface area contributed by atoms with Gasteiger partial charge in [0.05, 0.1) is 0 Å². The Morgan fingerprint density at radius 2 is 1.67 bits per heavy atom. The Morgan fingerprint density at radius 1 is 1.03 bits per heavy atom. The molecule has 36 heavy (non-hydrogen) atoms. The molecule has 2 rings (SSSR count). The second-order valence-corrected chi connectivity index (χ2v) is 9.66. The Labute approximate surface area is 213 Å². The number of unbranched alkanes of at least 4 members (excludes halogenated alkanes) is 1. The number of benzene rings is 1. The lowest BCUT2D eigenvalue weighted by Crippen LogP contribution is -2.43. The summed E-state index contributed by atoms with van der Waals surface area (Å²) in [5.41, 5.74) is 5.97. The molecule has 1 aromatic carbocycles. The van der Waals surface area contributed by atoms with Gasteiger partial charge < -0.3 is 15.5 Å². The van der Waals surface area contributed by atoms with Crippen LogP contribution in [0, 0.1) is 5.92 Å². The molecule has 198 valence electrons. The Kier molecular flexibility index (Phi) is 11.0. The van der Waals surface area contributed by atoms with Crippen LogP contribution in [-0.4, -0.2) is 38.9 Å². The number of carbonyl (C=O) groups is 2. The molecule has 9 nitrogen and oxygen atoms in total. The summed E-state index contributed by atoms with van der Waals surface area (Å²) >= 11 is 0. The first-order valence-corrected chi connectivity index (χ1v) is 12.9. The highest BCUT2D eigenvalue weighted by Gasteiger charge is 2.27. The monoisotopic (exact) mass is 499 g/mol. The number of carbonyl (C=O) groups excluding carboxylic acids is 2. The number of nitrogen functional groups attached to an aromatic ring is 1. The number of H-pyrrole nitrogens is 1. The van der Waals surface area contributed by atoms with E-state index in [1.54, 1.807) is 4.90 Å². The third-order valence-corrected chi connectivity index (χ3v) is 6.26. The van der Waals surface area contributed by atoms with E-state index in [2.05, 4.69) is 4.98 Å². The molecule has 0 saturated heterocycles. The maximum atomic E-state index is 13.4. The van der Waals surface area contributed by atoms with Gasteiger partial charge in [0, 0.05) is 38.5 Å². The lowest BCUT2D eigenvalue weighted by Gasteiger charge is -2.30. The minimum absolute atomic E-state index is 0.0118. The van der Waals surface area contributed by atoms with Gasteiger partial charge >= 0.3 is 5.69 Å². The highest BCUT2D eigenvalue weighted by molar-refractivity contribution is 5.97. The fourth-order valence-electron chi connectivity index (χ4n) is 4.04. The van der Waals surface area contributed by atoms with Crippen molar-refractivity contribution in [3.05, 3.63) is 56.7 Å². The van der Waals surface area contributed by atoms with Crippen molar-refractivity contribution >= 4 is 23.3 Å². The van der Waals surface area contributed by atoms with Crippen molar-refractivity contribution in [2.24, 2.45) is 5.92 Å². The Balaban J connectivity index is 2.29. The molecule has 0 aliphatic rings. The van der Waals surface area contributed by atoms with E-state index in [4.69, 9.17) is 5.73 Å². The second kappa shape index (κ2) is 13.7. The van der Waals surface area contributed by atoms with Gasteiger partial charge in [0.2, 0.25) is 11.8 Å². The predicted molar refractivity (Wildman–Crippen MR) is 144 cm³/mol. The molecule has 2 amide bonds. The largest absolute Gasteiger partial charge is 0.383 e. The SMILES string of the molecule is CCCCn1c(N)c(N(CC(C)C)C(=O)CCC(=O)N(Cc2ccccc2)C(C)CC)c(=O)[nH]c1=O. The highest BCUT2D eigenvalue weighted by Crippen LogP contribution is 2.21. The van der Waals surface area contributed by atoms with E-state index >= 15 is 0 Å². The summed E-state index contributed by atoms with van der Waals surface area (Å²) in [6.07, 6.45) is 2.27. The first kappa shape index (κ1) is 28.9. The zero-order chi connectivity index (χ0) is 26.8. The Morgan fingerprint density at radius 3 is 2.25 bits per heavy atom. The number of nitrogens with two attached hydrogens (primary N) is 1. The van der Waals surface area contributed by atoms with Crippen molar-refractivity contribution in [3.63, 3.8) is 0 Å². The summed E-state index contributed by atoms with van der Waals surface area (Å²) in [4.78, 5) is 57.1. The number of hydrogen-bond acceptors (Lipinski definition) is 5. The van der Waals surface area contributed by atoms with Crippen LogP contribution in [0.5, 0.6) is 0 Å². The molecule has 2 aromatic rings. The smallest absolute Gasteiger partial charge is 0.330 e. The molecule has 1 aromatic heterocycles. The maximum absolute atomic E-state index is 13.4. The van der Waals surface area contributed by atoms with Gasteiger partial charge in [-0.25, -0.2) is 4.79 Å². The third-order valence-electron chi connectivity index (χ3n) is 6.26. The average Bonchev–Trinajstić information content (AvgIpc) is 2.84. The van der Waals surface area contributed by atoms with Gasteiger partial charge in [-0.1, -0.05) is 64.4 Å². The van der Waals surface area contributed by atoms with E-state index in [9.17, 15) is 19.2 Å². The minimum atomic E-state index is -0.698. The first-order valence-electron chi connectivity index (χ1n) is 12.9. The van der Waals surface area contributed by atoms with Crippen LogP contribution in [0.3, 0.4) is 0 Å². The van der Waals surface area contributed by atoms with E-state index < -0.39 is 11.2 Å². The van der Waals surface area contributed by atoms with Crippen molar-refractivity contribution in [2.75, 3.05) is 17.2 Å². The van der Waals surface area contributed by atoms with Gasteiger partial charge in [0.1, 0.15) is 5.82 Å². The molecule has 1 atom stereocenters. The molecule has 1 heterocycles. The molecule has 0 bridgehead atoms. The van der Waals surface area contributed by atoms with Crippen LogP contribution in [0.1, 0.15) is 72.3 Å². The summed E-state index contributed by atoms with van der Waals surface area (Å²) in [7, 11) is 0. The van der Waals surface area contributed by atoms with Crippen molar-refractivity contribution in [3.8, 4) is 0 Å². The topological polar surface area (TPSA) is 121 Å². The molecule has 0 spiro atoms. The van der Waals surface area contributed by atoms with E-state index in [1.807, 2.05) is 65.0 Å². The van der Waals surface area contributed by atoms with E-state index in [0.29, 0.717) is 19.5 Å². The summed E-state index contributed by atoms with van der Waals surface area (Å²) in [6.45, 7) is 10.9. The number of amides is 2. The predicted octanol–water partition coefficient (Wildman–Crippen LogP) is 3.52.